The highest BCUT2D eigenvalue weighted by Crippen LogP contribution is 2.40. The Hall–Kier alpha value is -6.96. The first-order chi connectivity index (χ1) is 27.7. The molecule has 0 spiro atoms. The Labute approximate surface area is 328 Å². The second-order valence-electron chi connectivity index (χ2n) is 14.6. The lowest BCUT2D eigenvalue weighted by Gasteiger charge is -2.31. The number of H-pyrrole nitrogens is 1. The fourth-order valence-electron chi connectivity index (χ4n) is 8.23. The lowest BCUT2D eigenvalue weighted by atomic mass is 10.00. The monoisotopic (exact) mass is 760 g/mol. The molecule has 3 aliphatic rings. The van der Waals surface area contributed by atoms with Gasteiger partial charge in [0, 0.05) is 85.1 Å². The number of rotatable bonds is 8. The maximum absolute atomic E-state index is 13.2. The fourth-order valence-corrected chi connectivity index (χ4v) is 8.23. The number of imidazole rings is 1. The highest BCUT2D eigenvalue weighted by molar-refractivity contribution is 6.01. The van der Waals surface area contributed by atoms with Crippen molar-refractivity contribution in [2.24, 2.45) is 0 Å². The minimum absolute atomic E-state index is 0.0574. The van der Waals surface area contributed by atoms with Gasteiger partial charge in [-0.3, -0.25) is 39.6 Å². The van der Waals surface area contributed by atoms with Gasteiger partial charge in [-0.2, -0.15) is 5.10 Å². The SMILES string of the molecule is C=C1c2cccc(-c3cc(CNC(=O)c4ccc(-c5cc6cccc(-c7nc(CC)n8c7CN(C(C)=O)CC8)c6cn5)cn4)[nH]n3)c2CN1C1CCC(=O)NC1=O. The molecule has 1 unspecified atom stereocenters. The summed E-state index contributed by atoms with van der Waals surface area (Å²) in [4.78, 5) is 67.9. The molecule has 14 nitrogen and oxygen atoms in total. The van der Waals surface area contributed by atoms with Crippen LogP contribution in [0.3, 0.4) is 0 Å². The van der Waals surface area contributed by atoms with Crippen LogP contribution >= 0.6 is 0 Å². The van der Waals surface area contributed by atoms with Crippen LogP contribution in [0, 0.1) is 0 Å². The van der Waals surface area contributed by atoms with E-state index < -0.39 is 6.04 Å². The first-order valence-electron chi connectivity index (χ1n) is 19.1. The number of pyridine rings is 2. The number of benzene rings is 2. The van der Waals surface area contributed by atoms with Crippen LogP contribution in [0.1, 0.15) is 65.5 Å². The number of carbonyl (C=O) groups excluding carboxylic acids is 4. The third-order valence-electron chi connectivity index (χ3n) is 11.3. The van der Waals surface area contributed by atoms with E-state index in [-0.39, 0.29) is 35.9 Å². The van der Waals surface area contributed by atoms with Crippen LogP contribution in [-0.2, 0) is 47.0 Å². The second kappa shape index (κ2) is 14.3. The van der Waals surface area contributed by atoms with Gasteiger partial charge in [0.05, 0.1) is 41.6 Å². The minimum atomic E-state index is -0.462. The van der Waals surface area contributed by atoms with Crippen molar-refractivity contribution in [3.8, 4) is 33.8 Å². The molecule has 14 heteroatoms. The van der Waals surface area contributed by atoms with E-state index in [1.807, 2.05) is 64.5 Å². The summed E-state index contributed by atoms with van der Waals surface area (Å²) in [7, 11) is 0. The molecule has 1 atom stereocenters. The third-order valence-corrected chi connectivity index (χ3v) is 11.3. The van der Waals surface area contributed by atoms with Crippen LogP contribution in [-0.4, -0.2) is 75.7 Å². The van der Waals surface area contributed by atoms with Crippen molar-refractivity contribution >= 4 is 40.1 Å². The van der Waals surface area contributed by atoms with Crippen molar-refractivity contribution < 1.29 is 19.2 Å². The van der Waals surface area contributed by atoms with Crippen LogP contribution in [0.25, 0.3) is 50.2 Å². The Morgan fingerprint density at radius 1 is 0.947 bits per heavy atom. The Morgan fingerprint density at radius 3 is 2.56 bits per heavy atom. The molecule has 4 amide bonds. The summed E-state index contributed by atoms with van der Waals surface area (Å²) in [5.41, 5.74) is 9.68. The zero-order valence-electron chi connectivity index (χ0n) is 31.6. The van der Waals surface area contributed by atoms with Gasteiger partial charge in [-0.15, -0.1) is 0 Å². The molecule has 3 aliphatic heterocycles. The molecule has 2 aromatic carbocycles. The van der Waals surface area contributed by atoms with Gasteiger partial charge >= 0.3 is 0 Å². The van der Waals surface area contributed by atoms with Gasteiger partial charge in [0.25, 0.3) is 5.91 Å². The molecule has 7 heterocycles. The molecule has 0 radical (unpaired) electrons. The number of hydrogen-bond donors (Lipinski definition) is 3. The molecule has 6 aromatic rings. The largest absolute Gasteiger partial charge is 0.355 e. The Bertz CT molecular complexity index is 2640. The maximum Gasteiger partial charge on any atom is 0.270 e. The summed E-state index contributed by atoms with van der Waals surface area (Å²) in [6, 6.07) is 19.0. The molecule has 286 valence electrons. The average Bonchev–Trinajstić information content (AvgIpc) is 3.95. The molecule has 3 N–H and O–H groups in total. The van der Waals surface area contributed by atoms with E-state index in [0.717, 1.165) is 80.2 Å². The second-order valence-corrected chi connectivity index (χ2v) is 14.6. The summed E-state index contributed by atoms with van der Waals surface area (Å²) in [6.45, 7) is 10.6. The number of hydrogen-bond acceptors (Lipinski definition) is 9. The van der Waals surface area contributed by atoms with Gasteiger partial charge < -0.3 is 19.7 Å². The number of imide groups is 1. The van der Waals surface area contributed by atoms with Crippen LogP contribution < -0.4 is 10.6 Å². The Balaban J connectivity index is 0.876. The highest BCUT2D eigenvalue weighted by atomic mass is 16.2. The number of amides is 4. The van der Waals surface area contributed by atoms with Gasteiger partial charge in [0.1, 0.15) is 17.6 Å². The molecule has 0 bridgehead atoms. The molecule has 57 heavy (non-hydrogen) atoms. The molecular weight excluding hydrogens is 721 g/mol. The predicted molar refractivity (Wildman–Crippen MR) is 213 cm³/mol. The first kappa shape index (κ1) is 35.7. The third kappa shape index (κ3) is 6.42. The van der Waals surface area contributed by atoms with Crippen LogP contribution in [0.15, 0.2) is 79.6 Å². The van der Waals surface area contributed by atoms with E-state index in [1.54, 1.807) is 19.2 Å². The van der Waals surface area contributed by atoms with Crippen LogP contribution in [0.4, 0.5) is 0 Å². The number of nitrogens with one attached hydrogen (secondary N) is 3. The van der Waals surface area contributed by atoms with Crippen molar-refractivity contribution in [3.63, 3.8) is 0 Å². The quantitative estimate of drug-likeness (QED) is 0.181. The maximum atomic E-state index is 13.2. The van der Waals surface area contributed by atoms with Crippen molar-refractivity contribution in [2.45, 2.75) is 65.3 Å². The summed E-state index contributed by atoms with van der Waals surface area (Å²) in [5.74, 6) is 0.184. The average molecular weight is 761 g/mol. The number of aromatic amines is 1. The summed E-state index contributed by atoms with van der Waals surface area (Å²) in [5, 5.41) is 14.9. The van der Waals surface area contributed by atoms with E-state index in [4.69, 9.17) is 9.97 Å². The number of piperidine rings is 1. The van der Waals surface area contributed by atoms with Gasteiger partial charge in [0.2, 0.25) is 17.7 Å². The molecule has 9 rings (SSSR count). The van der Waals surface area contributed by atoms with Crippen molar-refractivity contribution in [2.75, 3.05) is 6.54 Å². The molecule has 0 aliphatic carbocycles. The lowest BCUT2D eigenvalue weighted by Crippen LogP contribution is -2.50. The van der Waals surface area contributed by atoms with E-state index in [0.29, 0.717) is 43.9 Å². The van der Waals surface area contributed by atoms with Crippen LogP contribution in [0.2, 0.25) is 0 Å². The minimum Gasteiger partial charge on any atom is -0.355 e. The van der Waals surface area contributed by atoms with E-state index in [2.05, 4.69) is 50.0 Å². The Morgan fingerprint density at radius 2 is 1.77 bits per heavy atom. The predicted octanol–water partition coefficient (Wildman–Crippen LogP) is 5.00. The molecular formula is C43H40N10O4. The summed E-state index contributed by atoms with van der Waals surface area (Å²) < 4.78 is 2.25. The number of aromatic nitrogens is 6. The zero-order chi connectivity index (χ0) is 39.4. The zero-order valence-corrected chi connectivity index (χ0v) is 31.6. The van der Waals surface area contributed by atoms with Crippen LogP contribution in [0.5, 0.6) is 0 Å². The topological polar surface area (TPSA) is 171 Å². The Kier molecular flexibility index (Phi) is 8.95. The standard InChI is InChI=1S/C43H40N10O4/c1-4-39-47-41(38-23-51(25(3)54)15-16-52(38)39)31-10-5-7-26-17-35(45-21-32(26)31)27-11-12-34(44-19-27)42(56)46-20-28-18-36(50-49-28)30-9-6-8-29-24(2)53(22-33(29)30)37-13-14-40(55)48-43(37)57/h5-12,17-19,21,37H,2,4,13-16,20,22-23H2,1,3H3,(H,46,56)(H,49,50)(H,48,55,57). The van der Waals surface area contributed by atoms with Gasteiger partial charge in [-0.05, 0) is 41.6 Å². The normalized spacial score (nSPS) is 16.5. The van der Waals surface area contributed by atoms with E-state index >= 15 is 0 Å². The summed E-state index contributed by atoms with van der Waals surface area (Å²) >= 11 is 0. The van der Waals surface area contributed by atoms with E-state index in [1.165, 1.54) is 0 Å². The fraction of sp³-hybridized carbons (Fsp3) is 0.256. The van der Waals surface area contributed by atoms with Gasteiger partial charge in [0.15, 0.2) is 0 Å². The molecule has 1 saturated heterocycles. The van der Waals surface area contributed by atoms with Gasteiger partial charge in [-0.25, -0.2) is 4.98 Å². The number of fused-ring (bicyclic) bond motifs is 3. The van der Waals surface area contributed by atoms with Gasteiger partial charge in [-0.1, -0.05) is 49.9 Å². The lowest BCUT2D eigenvalue weighted by molar-refractivity contribution is -0.136. The van der Waals surface area contributed by atoms with Crippen molar-refractivity contribution in [1.82, 2.24) is 50.1 Å². The summed E-state index contributed by atoms with van der Waals surface area (Å²) in [6.07, 6.45) is 5.04. The van der Waals surface area contributed by atoms with Crippen molar-refractivity contribution in [1.29, 1.82) is 0 Å². The van der Waals surface area contributed by atoms with E-state index in [9.17, 15) is 19.2 Å². The molecule has 4 aromatic heterocycles. The van der Waals surface area contributed by atoms with Crippen molar-refractivity contribution in [3.05, 3.63) is 114 Å². The number of nitrogens with zero attached hydrogens (tertiary/aromatic N) is 7. The highest BCUT2D eigenvalue weighted by Gasteiger charge is 2.37. The molecule has 1 fully saturated rings. The number of carbonyl (C=O) groups is 4. The first-order valence-corrected chi connectivity index (χ1v) is 19.1. The smallest absolute Gasteiger partial charge is 0.270 e. The molecule has 0 saturated carbocycles. The number of aryl methyl sites for hydroxylation is 1.